The van der Waals surface area contributed by atoms with Gasteiger partial charge in [0.05, 0.1) is 10.6 Å². The normalized spacial score (nSPS) is 11.1. The number of hydrogen-bond acceptors (Lipinski definition) is 4. The third kappa shape index (κ3) is 4.97. The second kappa shape index (κ2) is 9.23. The molecular formula is C24H25N3O4S. The molecule has 0 aliphatic rings. The van der Waals surface area contributed by atoms with Gasteiger partial charge in [-0.3, -0.25) is 13.9 Å². The second-order valence-electron chi connectivity index (χ2n) is 7.55. The van der Waals surface area contributed by atoms with Gasteiger partial charge in [-0.1, -0.05) is 41.5 Å². The van der Waals surface area contributed by atoms with E-state index in [0.717, 1.165) is 15.4 Å². The highest BCUT2D eigenvalue weighted by molar-refractivity contribution is 7.92. The van der Waals surface area contributed by atoms with Crippen LogP contribution in [0.2, 0.25) is 0 Å². The van der Waals surface area contributed by atoms with E-state index in [4.69, 9.17) is 5.73 Å². The number of carbonyl (C=O) groups excluding carboxylic acids is 2. The zero-order valence-corrected chi connectivity index (χ0v) is 18.9. The molecule has 3 aromatic rings. The molecular weight excluding hydrogens is 426 g/mol. The maximum Gasteiger partial charge on any atom is 0.264 e. The minimum Gasteiger partial charge on any atom is -0.366 e. The number of sulfonamides is 1. The van der Waals surface area contributed by atoms with Crippen LogP contribution in [0, 0.1) is 20.8 Å². The molecule has 3 aromatic carbocycles. The van der Waals surface area contributed by atoms with Crippen LogP contribution in [-0.4, -0.2) is 26.8 Å². The Labute approximate surface area is 187 Å². The van der Waals surface area contributed by atoms with Gasteiger partial charge in [0, 0.05) is 11.3 Å². The first-order valence-corrected chi connectivity index (χ1v) is 11.4. The lowest BCUT2D eigenvalue weighted by molar-refractivity contribution is -0.114. The van der Waals surface area contributed by atoms with Gasteiger partial charge >= 0.3 is 0 Å². The van der Waals surface area contributed by atoms with E-state index in [1.165, 1.54) is 12.1 Å². The van der Waals surface area contributed by atoms with Crippen molar-refractivity contribution in [3.63, 3.8) is 0 Å². The van der Waals surface area contributed by atoms with Crippen LogP contribution in [0.25, 0.3) is 0 Å². The summed E-state index contributed by atoms with van der Waals surface area (Å²) in [6, 6.07) is 18.1. The van der Waals surface area contributed by atoms with Crippen LogP contribution in [-0.2, 0) is 14.8 Å². The Morgan fingerprint density at radius 1 is 0.875 bits per heavy atom. The molecule has 32 heavy (non-hydrogen) atoms. The number of carbonyl (C=O) groups is 2. The second-order valence-corrected chi connectivity index (χ2v) is 9.41. The van der Waals surface area contributed by atoms with Gasteiger partial charge in [0.15, 0.2) is 0 Å². The van der Waals surface area contributed by atoms with Crippen molar-refractivity contribution in [1.82, 2.24) is 0 Å². The number of nitrogens with zero attached hydrogens (tertiary/aromatic N) is 1. The molecule has 0 saturated heterocycles. The quantitative estimate of drug-likeness (QED) is 0.572. The van der Waals surface area contributed by atoms with E-state index >= 15 is 0 Å². The van der Waals surface area contributed by atoms with E-state index in [1.54, 1.807) is 61.5 Å². The van der Waals surface area contributed by atoms with Crippen LogP contribution in [0.3, 0.4) is 0 Å². The number of nitrogens with two attached hydrogens (primary N) is 1. The molecule has 2 amide bonds. The first-order chi connectivity index (χ1) is 15.1. The molecule has 0 spiro atoms. The summed E-state index contributed by atoms with van der Waals surface area (Å²) in [5, 5.41) is 2.70. The highest BCUT2D eigenvalue weighted by Crippen LogP contribution is 2.25. The summed E-state index contributed by atoms with van der Waals surface area (Å²) in [6.45, 7) is 4.98. The largest absolute Gasteiger partial charge is 0.366 e. The standard InChI is InChI=1S/C24H25N3O4S/c1-16-7-11-19(12-8-16)27(32(30,31)20-13-9-17(2)10-14-20)15-23(28)26-22-6-4-5-21(18(22)3)24(25)29/h4-14H,15H2,1-3H3,(H2,25,29)(H,26,28). The molecule has 0 aromatic heterocycles. The third-order valence-electron chi connectivity index (χ3n) is 5.09. The number of hydrogen-bond donors (Lipinski definition) is 2. The molecule has 0 unspecified atom stereocenters. The Morgan fingerprint density at radius 3 is 2.00 bits per heavy atom. The van der Waals surface area contributed by atoms with Crippen molar-refractivity contribution in [3.05, 3.63) is 89.0 Å². The summed E-state index contributed by atoms with van der Waals surface area (Å²) in [4.78, 5) is 24.6. The Morgan fingerprint density at radius 2 is 1.44 bits per heavy atom. The summed E-state index contributed by atoms with van der Waals surface area (Å²) < 4.78 is 27.9. The molecule has 0 aliphatic heterocycles. The Kier molecular flexibility index (Phi) is 6.64. The summed E-state index contributed by atoms with van der Waals surface area (Å²) >= 11 is 0. The van der Waals surface area contributed by atoms with Crippen LogP contribution in [0.4, 0.5) is 11.4 Å². The smallest absolute Gasteiger partial charge is 0.264 e. The van der Waals surface area contributed by atoms with Crippen molar-refractivity contribution in [2.75, 3.05) is 16.2 Å². The van der Waals surface area contributed by atoms with Crippen molar-refractivity contribution in [2.45, 2.75) is 25.7 Å². The van der Waals surface area contributed by atoms with E-state index in [2.05, 4.69) is 5.32 Å². The predicted octanol–water partition coefficient (Wildman–Crippen LogP) is 3.54. The van der Waals surface area contributed by atoms with Crippen molar-refractivity contribution in [1.29, 1.82) is 0 Å². The molecule has 0 fully saturated rings. The van der Waals surface area contributed by atoms with E-state index in [0.29, 0.717) is 16.9 Å². The Bertz CT molecular complexity index is 1250. The van der Waals surface area contributed by atoms with E-state index in [-0.39, 0.29) is 10.5 Å². The minimum absolute atomic E-state index is 0.0865. The molecule has 7 nitrogen and oxygen atoms in total. The number of primary amides is 1. The average molecular weight is 452 g/mol. The molecule has 0 heterocycles. The molecule has 8 heteroatoms. The van der Waals surface area contributed by atoms with E-state index < -0.39 is 28.4 Å². The van der Waals surface area contributed by atoms with Gasteiger partial charge < -0.3 is 11.1 Å². The van der Waals surface area contributed by atoms with Crippen molar-refractivity contribution in [2.24, 2.45) is 5.73 Å². The first kappa shape index (κ1) is 23.0. The van der Waals surface area contributed by atoms with Crippen molar-refractivity contribution >= 4 is 33.2 Å². The van der Waals surface area contributed by atoms with Crippen molar-refractivity contribution in [3.8, 4) is 0 Å². The molecule has 0 aliphatic carbocycles. The first-order valence-electron chi connectivity index (χ1n) is 9.95. The molecule has 0 saturated carbocycles. The number of anilines is 2. The Balaban J connectivity index is 1.95. The lowest BCUT2D eigenvalue weighted by Crippen LogP contribution is -2.38. The average Bonchev–Trinajstić information content (AvgIpc) is 2.74. The monoisotopic (exact) mass is 451 g/mol. The van der Waals surface area contributed by atoms with Gasteiger partial charge in [-0.25, -0.2) is 8.42 Å². The number of rotatable bonds is 7. The van der Waals surface area contributed by atoms with Crippen molar-refractivity contribution < 1.29 is 18.0 Å². The Hall–Kier alpha value is -3.65. The number of aryl methyl sites for hydroxylation is 2. The summed E-state index contributed by atoms with van der Waals surface area (Å²) in [6.07, 6.45) is 0. The van der Waals surface area contributed by atoms with Crippen LogP contribution >= 0.6 is 0 Å². The number of benzene rings is 3. The lowest BCUT2D eigenvalue weighted by atomic mass is 10.1. The maximum atomic E-state index is 13.4. The van der Waals surface area contributed by atoms with Crippen LogP contribution in [0.15, 0.2) is 71.6 Å². The zero-order valence-electron chi connectivity index (χ0n) is 18.1. The molecule has 3 rings (SSSR count). The SMILES string of the molecule is Cc1ccc(N(CC(=O)Nc2cccc(C(N)=O)c2C)S(=O)(=O)c2ccc(C)cc2)cc1. The summed E-state index contributed by atoms with van der Waals surface area (Å²) in [5.74, 6) is -1.16. The van der Waals surface area contributed by atoms with Crippen LogP contribution < -0.4 is 15.4 Å². The van der Waals surface area contributed by atoms with Crippen LogP contribution in [0.1, 0.15) is 27.0 Å². The third-order valence-corrected chi connectivity index (χ3v) is 6.88. The van der Waals surface area contributed by atoms with E-state index in [1.807, 2.05) is 13.8 Å². The summed E-state index contributed by atoms with van der Waals surface area (Å²) in [5.41, 5.74) is 8.82. The predicted molar refractivity (Wildman–Crippen MR) is 125 cm³/mol. The highest BCUT2D eigenvalue weighted by atomic mass is 32.2. The van der Waals surface area contributed by atoms with Gasteiger partial charge in [-0.15, -0.1) is 0 Å². The van der Waals surface area contributed by atoms with Crippen LogP contribution in [0.5, 0.6) is 0 Å². The summed E-state index contributed by atoms with van der Waals surface area (Å²) in [7, 11) is -4.00. The van der Waals surface area contributed by atoms with Gasteiger partial charge in [-0.2, -0.15) is 0 Å². The molecule has 3 N–H and O–H groups in total. The fourth-order valence-corrected chi connectivity index (χ4v) is 4.64. The number of nitrogens with one attached hydrogen (secondary N) is 1. The van der Waals surface area contributed by atoms with Gasteiger partial charge in [-0.05, 0) is 62.7 Å². The lowest BCUT2D eigenvalue weighted by Gasteiger charge is -2.24. The zero-order chi connectivity index (χ0) is 23.5. The molecule has 166 valence electrons. The van der Waals surface area contributed by atoms with Gasteiger partial charge in [0.25, 0.3) is 10.0 Å². The fraction of sp³-hybridized carbons (Fsp3) is 0.167. The highest BCUT2D eigenvalue weighted by Gasteiger charge is 2.27. The fourth-order valence-electron chi connectivity index (χ4n) is 3.22. The van der Waals surface area contributed by atoms with Gasteiger partial charge in [0.1, 0.15) is 6.54 Å². The van der Waals surface area contributed by atoms with E-state index in [9.17, 15) is 18.0 Å². The minimum atomic E-state index is -4.00. The number of amides is 2. The molecule has 0 radical (unpaired) electrons. The topological polar surface area (TPSA) is 110 Å². The maximum absolute atomic E-state index is 13.4. The van der Waals surface area contributed by atoms with Gasteiger partial charge in [0.2, 0.25) is 11.8 Å². The molecule has 0 bridgehead atoms. The molecule has 0 atom stereocenters.